The summed E-state index contributed by atoms with van der Waals surface area (Å²) < 4.78 is 0. The Labute approximate surface area is 111 Å². The van der Waals surface area contributed by atoms with Crippen LogP contribution in [-0.2, 0) is 0 Å². The summed E-state index contributed by atoms with van der Waals surface area (Å²) in [6, 6.07) is 13.4. The molecule has 0 spiro atoms. The first kappa shape index (κ1) is 11.2. The fourth-order valence-corrected chi connectivity index (χ4v) is 1.83. The van der Waals surface area contributed by atoms with Crippen molar-refractivity contribution in [3.05, 3.63) is 66.1 Å². The van der Waals surface area contributed by atoms with E-state index in [-0.39, 0.29) is 0 Å². The summed E-state index contributed by atoms with van der Waals surface area (Å²) in [7, 11) is 0. The Hall–Kier alpha value is -2.86. The lowest BCUT2D eigenvalue weighted by molar-refractivity contribution is 1.29. The van der Waals surface area contributed by atoms with Crippen LogP contribution in [0.15, 0.2) is 54.9 Å². The van der Waals surface area contributed by atoms with E-state index in [1.54, 1.807) is 12.4 Å². The van der Waals surface area contributed by atoms with Crippen molar-refractivity contribution in [1.82, 2.24) is 9.97 Å². The zero-order valence-corrected chi connectivity index (χ0v) is 10.2. The van der Waals surface area contributed by atoms with Crippen molar-refractivity contribution in [3.8, 4) is 11.8 Å². The van der Waals surface area contributed by atoms with E-state index < -0.39 is 0 Å². The number of nitrogens with two attached hydrogens (primary N) is 1. The van der Waals surface area contributed by atoms with Gasteiger partial charge in [-0.1, -0.05) is 24.1 Å². The minimum absolute atomic E-state index is 0.682. The monoisotopic (exact) mass is 245 g/mol. The maximum atomic E-state index is 5.86. The molecule has 2 heterocycles. The van der Waals surface area contributed by atoms with Crippen LogP contribution in [0.5, 0.6) is 0 Å². The number of rotatable bonds is 0. The molecule has 0 saturated heterocycles. The van der Waals surface area contributed by atoms with Crippen molar-refractivity contribution >= 4 is 16.6 Å². The van der Waals surface area contributed by atoms with Crippen LogP contribution in [0.1, 0.15) is 11.3 Å². The van der Waals surface area contributed by atoms with Gasteiger partial charge in [0.1, 0.15) is 5.69 Å². The molecule has 0 amide bonds. The average Bonchev–Trinajstić information content (AvgIpc) is 2.46. The molecule has 0 saturated carbocycles. The Bertz CT molecular complexity index is 783. The quantitative estimate of drug-likeness (QED) is 0.489. The number of fused-ring (bicyclic) bond motifs is 1. The van der Waals surface area contributed by atoms with Gasteiger partial charge in [-0.05, 0) is 30.2 Å². The minimum Gasteiger partial charge on any atom is -0.397 e. The summed E-state index contributed by atoms with van der Waals surface area (Å²) in [6.07, 6.45) is 3.46. The average molecular weight is 245 g/mol. The van der Waals surface area contributed by atoms with E-state index >= 15 is 0 Å². The normalized spacial score (nSPS) is 9.89. The van der Waals surface area contributed by atoms with Gasteiger partial charge in [0.25, 0.3) is 0 Å². The molecule has 0 aliphatic carbocycles. The van der Waals surface area contributed by atoms with Crippen molar-refractivity contribution in [2.45, 2.75) is 0 Å². The smallest absolute Gasteiger partial charge is 0.113 e. The molecular weight excluding hydrogens is 234 g/mol. The Kier molecular flexibility index (Phi) is 2.83. The molecule has 0 aliphatic rings. The lowest BCUT2D eigenvalue weighted by Gasteiger charge is -2.00. The summed E-state index contributed by atoms with van der Waals surface area (Å²) in [5.74, 6) is 6.06. The van der Waals surface area contributed by atoms with Gasteiger partial charge >= 0.3 is 0 Å². The summed E-state index contributed by atoms with van der Waals surface area (Å²) in [4.78, 5) is 8.50. The van der Waals surface area contributed by atoms with Gasteiger partial charge in [0.2, 0.25) is 0 Å². The molecule has 1 aromatic carbocycles. The van der Waals surface area contributed by atoms with Crippen molar-refractivity contribution in [2.24, 2.45) is 0 Å². The van der Waals surface area contributed by atoms with E-state index in [9.17, 15) is 0 Å². The first-order valence-corrected chi connectivity index (χ1v) is 5.90. The zero-order chi connectivity index (χ0) is 13.1. The second kappa shape index (κ2) is 4.79. The second-order valence-electron chi connectivity index (χ2n) is 4.11. The van der Waals surface area contributed by atoms with Gasteiger partial charge in [0, 0.05) is 23.3 Å². The van der Waals surface area contributed by atoms with Gasteiger partial charge in [-0.25, -0.2) is 4.98 Å². The van der Waals surface area contributed by atoms with Crippen molar-refractivity contribution < 1.29 is 0 Å². The summed E-state index contributed by atoms with van der Waals surface area (Å²) >= 11 is 0. The molecule has 3 nitrogen and oxygen atoms in total. The van der Waals surface area contributed by atoms with E-state index in [1.165, 1.54) is 0 Å². The van der Waals surface area contributed by atoms with Crippen molar-refractivity contribution in [1.29, 1.82) is 0 Å². The number of benzene rings is 1. The predicted molar refractivity (Wildman–Crippen MR) is 76.4 cm³/mol. The molecule has 3 heteroatoms. The molecule has 0 unspecified atom stereocenters. The third-order valence-corrected chi connectivity index (χ3v) is 2.74. The minimum atomic E-state index is 0.682. The first-order chi connectivity index (χ1) is 9.33. The van der Waals surface area contributed by atoms with E-state index in [4.69, 9.17) is 5.73 Å². The van der Waals surface area contributed by atoms with Gasteiger partial charge in [-0.15, -0.1) is 0 Å². The molecule has 2 N–H and O–H groups in total. The van der Waals surface area contributed by atoms with E-state index in [0.29, 0.717) is 5.69 Å². The van der Waals surface area contributed by atoms with Gasteiger partial charge in [-0.2, -0.15) is 0 Å². The second-order valence-corrected chi connectivity index (χ2v) is 4.11. The highest BCUT2D eigenvalue weighted by Crippen LogP contribution is 2.18. The Morgan fingerprint density at radius 2 is 1.89 bits per heavy atom. The van der Waals surface area contributed by atoms with Crippen LogP contribution in [0.2, 0.25) is 0 Å². The summed E-state index contributed by atoms with van der Waals surface area (Å²) in [6.45, 7) is 0. The zero-order valence-electron chi connectivity index (χ0n) is 10.2. The number of hydrogen-bond donors (Lipinski definition) is 1. The first-order valence-electron chi connectivity index (χ1n) is 5.90. The molecule has 0 radical (unpaired) electrons. The molecule has 2 aromatic heterocycles. The molecule has 0 aliphatic heterocycles. The Morgan fingerprint density at radius 3 is 2.74 bits per heavy atom. The maximum Gasteiger partial charge on any atom is 0.113 e. The summed E-state index contributed by atoms with van der Waals surface area (Å²) in [5.41, 5.74) is 8.95. The van der Waals surface area contributed by atoms with Gasteiger partial charge in [0.15, 0.2) is 0 Å². The summed E-state index contributed by atoms with van der Waals surface area (Å²) in [5, 5.41) is 0.993. The van der Waals surface area contributed by atoms with Gasteiger partial charge < -0.3 is 5.73 Å². The Balaban J connectivity index is 2.01. The number of hydrogen-bond acceptors (Lipinski definition) is 3. The predicted octanol–water partition coefficient (Wildman–Crippen LogP) is 2.61. The third kappa shape index (κ3) is 2.38. The molecule has 90 valence electrons. The van der Waals surface area contributed by atoms with Crippen LogP contribution in [0.25, 0.3) is 10.9 Å². The van der Waals surface area contributed by atoms with Crippen LogP contribution in [0.3, 0.4) is 0 Å². The number of para-hydroxylation sites is 1. The fourth-order valence-electron chi connectivity index (χ4n) is 1.83. The number of pyridine rings is 2. The van der Waals surface area contributed by atoms with Crippen molar-refractivity contribution in [3.63, 3.8) is 0 Å². The highest BCUT2D eigenvalue weighted by molar-refractivity contribution is 5.89. The van der Waals surface area contributed by atoms with Gasteiger partial charge in [-0.3, -0.25) is 4.98 Å². The van der Waals surface area contributed by atoms with Crippen molar-refractivity contribution in [2.75, 3.05) is 5.73 Å². The van der Waals surface area contributed by atoms with Crippen LogP contribution in [0.4, 0.5) is 5.69 Å². The van der Waals surface area contributed by atoms with Crippen LogP contribution in [0, 0.1) is 11.8 Å². The SMILES string of the molecule is Nc1cccc2cc(C#Cc3ccccn3)cnc12. The number of nitrogens with zero attached hydrogens (tertiary/aromatic N) is 2. The number of nitrogen functional groups attached to an aromatic ring is 1. The third-order valence-electron chi connectivity index (χ3n) is 2.74. The Morgan fingerprint density at radius 1 is 0.947 bits per heavy atom. The number of aromatic nitrogens is 2. The lowest BCUT2D eigenvalue weighted by Crippen LogP contribution is -1.90. The van der Waals surface area contributed by atoms with Crippen LogP contribution in [-0.4, -0.2) is 9.97 Å². The van der Waals surface area contributed by atoms with E-state index in [1.807, 2.05) is 42.5 Å². The highest BCUT2D eigenvalue weighted by Gasteiger charge is 1.99. The lowest BCUT2D eigenvalue weighted by atomic mass is 10.1. The molecule has 0 fully saturated rings. The highest BCUT2D eigenvalue weighted by atomic mass is 14.7. The van der Waals surface area contributed by atoms with E-state index in [2.05, 4.69) is 21.8 Å². The van der Waals surface area contributed by atoms with Gasteiger partial charge in [0.05, 0.1) is 11.2 Å². The largest absolute Gasteiger partial charge is 0.397 e. The topological polar surface area (TPSA) is 51.8 Å². The molecule has 0 bridgehead atoms. The molecule has 0 atom stereocenters. The molecule has 19 heavy (non-hydrogen) atoms. The fraction of sp³-hybridized carbons (Fsp3) is 0. The maximum absolute atomic E-state index is 5.86. The molecule has 3 rings (SSSR count). The molecule has 3 aromatic rings. The van der Waals surface area contributed by atoms with Crippen LogP contribution >= 0.6 is 0 Å². The standard InChI is InChI=1S/C16H11N3/c17-15-6-3-4-13-10-12(11-19-16(13)15)7-8-14-5-1-2-9-18-14/h1-6,9-11H,17H2. The van der Waals surface area contributed by atoms with E-state index in [0.717, 1.165) is 22.2 Å². The molecular formula is C16H11N3. The number of anilines is 1. The van der Waals surface area contributed by atoms with Crippen LogP contribution < -0.4 is 5.73 Å².